The molecule has 0 radical (unpaired) electrons. The number of hydrogen-bond donors (Lipinski definition) is 3. The Morgan fingerprint density at radius 3 is 1.91 bits per heavy atom. The van der Waals surface area contributed by atoms with E-state index in [1.165, 1.54) is 0 Å². The number of carboxylic acid groups (broad SMARTS) is 1. The van der Waals surface area contributed by atoms with Crippen LogP contribution < -0.4 is 0 Å². The summed E-state index contributed by atoms with van der Waals surface area (Å²) in [4.78, 5) is 10.8. The molecule has 3 rings (SSSR count). The Bertz CT molecular complexity index is 787. The van der Waals surface area contributed by atoms with Gasteiger partial charge in [-0.1, -0.05) is 48.5 Å². The molecule has 3 aromatic carbocycles. The number of carbonyl (C=O) groups is 1. The number of aliphatic hydroxyl groups is 2. The summed E-state index contributed by atoms with van der Waals surface area (Å²) in [5, 5.41) is 32.9. The fourth-order valence-corrected chi connectivity index (χ4v) is 2.85. The molecule has 0 aliphatic rings. The van der Waals surface area contributed by atoms with Crippen LogP contribution in [0.1, 0.15) is 18.1 Å². The van der Waals surface area contributed by atoms with Crippen molar-refractivity contribution in [3.05, 3.63) is 60.2 Å². The van der Waals surface area contributed by atoms with Crippen LogP contribution in [0.3, 0.4) is 0 Å². The Kier molecular flexibility index (Phi) is 3.79. The summed E-state index contributed by atoms with van der Waals surface area (Å²) in [7, 11) is 0. The molecule has 4 nitrogen and oxygen atoms in total. The molecule has 22 heavy (non-hydrogen) atoms. The number of aliphatic carboxylic acids is 1. The molecule has 2 unspecified atom stereocenters. The highest BCUT2D eigenvalue weighted by atomic mass is 16.4. The highest BCUT2D eigenvalue weighted by Crippen LogP contribution is 2.34. The quantitative estimate of drug-likeness (QED) is 0.647. The van der Waals surface area contributed by atoms with Gasteiger partial charge in [-0.05, 0) is 33.2 Å². The van der Waals surface area contributed by atoms with Crippen molar-refractivity contribution in [1.82, 2.24) is 0 Å². The predicted molar refractivity (Wildman–Crippen MR) is 84.7 cm³/mol. The number of rotatable bonds is 4. The molecule has 112 valence electrons. The van der Waals surface area contributed by atoms with Crippen LogP contribution in [0, 0.1) is 0 Å². The van der Waals surface area contributed by atoms with Crippen molar-refractivity contribution in [3.8, 4) is 0 Å². The van der Waals surface area contributed by atoms with E-state index < -0.39 is 24.6 Å². The topological polar surface area (TPSA) is 77.8 Å². The molecule has 4 heteroatoms. The zero-order valence-corrected chi connectivity index (χ0v) is 11.8. The molecule has 0 aliphatic heterocycles. The van der Waals surface area contributed by atoms with Gasteiger partial charge < -0.3 is 15.3 Å². The Morgan fingerprint density at radius 1 is 0.909 bits per heavy atom. The first kappa shape index (κ1) is 14.5. The second-order valence-corrected chi connectivity index (χ2v) is 5.34. The van der Waals surface area contributed by atoms with Gasteiger partial charge in [-0.15, -0.1) is 0 Å². The van der Waals surface area contributed by atoms with Crippen molar-refractivity contribution in [2.75, 3.05) is 0 Å². The lowest BCUT2D eigenvalue weighted by Crippen LogP contribution is -2.22. The molecule has 0 amide bonds. The lowest BCUT2D eigenvalue weighted by atomic mass is 9.90. The van der Waals surface area contributed by atoms with Gasteiger partial charge in [0.1, 0.15) is 6.10 Å². The average Bonchev–Trinajstić information content (AvgIpc) is 2.51. The average molecular weight is 296 g/mol. The van der Waals surface area contributed by atoms with Crippen LogP contribution in [0.15, 0.2) is 54.6 Å². The molecule has 2 atom stereocenters. The Balaban J connectivity index is 2.25. The summed E-state index contributed by atoms with van der Waals surface area (Å²) in [5.41, 5.74) is 0.572. The molecular formula is C18H16O4. The standard InChI is InChI=1S/C18H16O4/c19-15(10-16(20)21)18(22)17-13-7-3-1-5-11(13)9-12-6-2-4-8-14(12)17/h1-9,15,18-19,22H,10H2,(H,20,21). The monoisotopic (exact) mass is 296 g/mol. The first-order chi connectivity index (χ1) is 10.6. The van der Waals surface area contributed by atoms with Gasteiger partial charge in [0.2, 0.25) is 0 Å². The van der Waals surface area contributed by atoms with E-state index in [2.05, 4.69) is 0 Å². The van der Waals surface area contributed by atoms with Crippen molar-refractivity contribution in [1.29, 1.82) is 0 Å². The van der Waals surface area contributed by atoms with E-state index in [1.807, 2.05) is 54.6 Å². The maximum Gasteiger partial charge on any atom is 0.306 e. The smallest absolute Gasteiger partial charge is 0.306 e. The van der Waals surface area contributed by atoms with Gasteiger partial charge in [0.15, 0.2) is 0 Å². The van der Waals surface area contributed by atoms with Gasteiger partial charge in [0, 0.05) is 0 Å². The Morgan fingerprint density at radius 2 is 1.41 bits per heavy atom. The normalized spacial score (nSPS) is 14.1. The van der Waals surface area contributed by atoms with E-state index in [0.29, 0.717) is 5.56 Å². The first-order valence-electron chi connectivity index (χ1n) is 7.06. The predicted octanol–water partition coefficient (Wildman–Crippen LogP) is 2.86. The lowest BCUT2D eigenvalue weighted by molar-refractivity contribution is -0.141. The number of hydrogen-bond acceptors (Lipinski definition) is 3. The summed E-state index contributed by atoms with van der Waals surface area (Å²) in [6, 6.07) is 17.1. The van der Waals surface area contributed by atoms with E-state index in [1.54, 1.807) is 0 Å². The molecule has 0 aromatic heterocycles. The van der Waals surface area contributed by atoms with Crippen LogP contribution in [-0.2, 0) is 4.79 Å². The summed E-state index contributed by atoms with van der Waals surface area (Å²) >= 11 is 0. The Hall–Kier alpha value is -2.43. The summed E-state index contributed by atoms with van der Waals surface area (Å²) in [6.45, 7) is 0. The zero-order chi connectivity index (χ0) is 15.7. The summed E-state index contributed by atoms with van der Waals surface area (Å²) in [5.74, 6) is -1.14. The van der Waals surface area contributed by atoms with Gasteiger partial charge in [-0.3, -0.25) is 4.79 Å². The molecular weight excluding hydrogens is 280 g/mol. The van der Waals surface area contributed by atoms with Crippen LogP contribution >= 0.6 is 0 Å². The minimum Gasteiger partial charge on any atom is -0.481 e. The third-order valence-electron chi connectivity index (χ3n) is 3.86. The maximum atomic E-state index is 10.8. The molecule has 0 bridgehead atoms. The second kappa shape index (κ2) is 5.75. The van der Waals surface area contributed by atoms with Crippen LogP contribution in [0.4, 0.5) is 0 Å². The van der Waals surface area contributed by atoms with E-state index in [-0.39, 0.29) is 0 Å². The van der Waals surface area contributed by atoms with E-state index in [9.17, 15) is 15.0 Å². The second-order valence-electron chi connectivity index (χ2n) is 5.34. The molecule has 3 aromatic rings. The van der Waals surface area contributed by atoms with Crippen molar-refractivity contribution >= 4 is 27.5 Å². The first-order valence-corrected chi connectivity index (χ1v) is 7.06. The van der Waals surface area contributed by atoms with Crippen molar-refractivity contribution in [3.63, 3.8) is 0 Å². The van der Waals surface area contributed by atoms with Gasteiger partial charge in [-0.25, -0.2) is 0 Å². The van der Waals surface area contributed by atoms with Crippen molar-refractivity contribution in [2.45, 2.75) is 18.6 Å². The van der Waals surface area contributed by atoms with Crippen LogP contribution in [0.2, 0.25) is 0 Å². The number of fused-ring (bicyclic) bond motifs is 2. The number of carboxylic acids is 1. The number of benzene rings is 3. The minimum atomic E-state index is -1.35. The van der Waals surface area contributed by atoms with Gasteiger partial charge >= 0.3 is 5.97 Å². The third-order valence-corrected chi connectivity index (χ3v) is 3.86. The SMILES string of the molecule is O=C(O)CC(O)C(O)c1c2ccccc2cc2ccccc12. The largest absolute Gasteiger partial charge is 0.481 e. The molecule has 0 saturated heterocycles. The zero-order valence-electron chi connectivity index (χ0n) is 11.8. The van der Waals surface area contributed by atoms with Crippen LogP contribution in [0.5, 0.6) is 0 Å². The third kappa shape index (κ3) is 2.54. The summed E-state index contributed by atoms with van der Waals surface area (Å²) in [6.07, 6.45) is -3.11. The van der Waals surface area contributed by atoms with Gasteiger partial charge in [-0.2, -0.15) is 0 Å². The Labute approximate surface area is 127 Å². The maximum absolute atomic E-state index is 10.8. The van der Waals surface area contributed by atoms with E-state index >= 15 is 0 Å². The van der Waals surface area contributed by atoms with Crippen molar-refractivity contribution < 1.29 is 20.1 Å². The number of aliphatic hydroxyl groups excluding tert-OH is 2. The molecule has 0 heterocycles. The summed E-state index contributed by atoms with van der Waals surface area (Å²) < 4.78 is 0. The molecule has 0 saturated carbocycles. The minimum absolute atomic E-state index is 0.501. The van der Waals surface area contributed by atoms with Gasteiger partial charge in [0.05, 0.1) is 12.5 Å². The fourth-order valence-electron chi connectivity index (χ4n) is 2.85. The molecule has 0 aliphatic carbocycles. The molecule has 0 spiro atoms. The highest BCUT2D eigenvalue weighted by Gasteiger charge is 2.24. The molecule has 0 fully saturated rings. The van der Waals surface area contributed by atoms with E-state index in [4.69, 9.17) is 5.11 Å². The van der Waals surface area contributed by atoms with Crippen LogP contribution in [0.25, 0.3) is 21.5 Å². The van der Waals surface area contributed by atoms with Gasteiger partial charge in [0.25, 0.3) is 0 Å². The molecule has 3 N–H and O–H groups in total. The van der Waals surface area contributed by atoms with E-state index in [0.717, 1.165) is 21.5 Å². The van der Waals surface area contributed by atoms with Crippen LogP contribution in [-0.4, -0.2) is 27.4 Å². The highest BCUT2D eigenvalue weighted by molar-refractivity contribution is 6.02. The fraction of sp³-hybridized carbons (Fsp3) is 0.167. The lowest BCUT2D eigenvalue weighted by Gasteiger charge is -2.20. The van der Waals surface area contributed by atoms with Crippen molar-refractivity contribution in [2.24, 2.45) is 0 Å².